The number of piperidine rings is 1. The van der Waals surface area contributed by atoms with Gasteiger partial charge in [0.2, 0.25) is 5.91 Å². The Kier molecular flexibility index (Phi) is 6.09. The number of hydrogen-bond donors (Lipinski definition) is 0. The van der Waals surface area contributed by atoms with Crippen molar-refractivity contribution in [3.63, 3.8) is 0 Å². The molecule has 1 aromatic heterocycles. The fraction of sp³-hybridized carbons (Fsp3) is 0.480. The molecule has 1 fully saturated rings. The van der Waals surface area contributed by atoms with Crippen LogP contribution in [0.4, 0.5) is 0 Å². The van der Waals surface area contributed by atoms with Crippen molar-refractivity contribution in [2.75, 3.05) is 34.4 Å². The van der Waals surface area contributed by atoms with E-state index >= 15 is 0 Å². The lowest BCUT2D eigenvalue weighted by molar-refractivity contribution is -0.137. The van der Waals surface area contributed by atoms with Crippen LogP contribution in [-0.2, 0) is 4.79 Å². The summed E-state index contributed by atoms with van der Waals surface area (Å²) in [6.07, 6.45) is 4.54. The van der Waals surface area contributed by atoms with Gasteiger partial charge in [0, 0.05) is 38.1 Å². The molecule has 4 atom stereocenters. The number of aromatic nitrogens is 1. The number of fused-ring (bicyclic) bond motifs is 1. The molecule has 2 aliphatic heterocycles. The largest absolute Gasteiger partial charge is 0.493 e. The number of carbonyl (C=O) groups is 2. The molecule has 7 nitrogen and oxygen atoms in total. The van der Waals surface area contributed by atoms with Crippen molar-refractivity contribution >= 4 is 11.8 Å². The molecule has 0 bridgehead atoms. The average molecular weight is 438 g/mol. The maximum Gasteiger partial charge on any atom is 0.254 e. The van der Waals surface area contributed by atoms with Crippen molar-refractivity contribution < 1.29 is 19.1 Å². The van der Waals surface area contributed by atoms with E-state index in [1.807, 2.05) is 17.0 Å². The van der Waals surface area contributed by atoms with Crippen LogP contribution in [0.15, 0.2) is 36.7 Å². The minimum Gasteiger partial charge on any atom is -0.493 e. The van der Waals surface area contributed by atoms with Crippen molar-refractivity contribution in [2.45, 2.75) is 32.2 Å². The summed E-state index contributed by atoms with van der Waals surface area (Å²) in [5.74, 6) is 1.17. The second-order valence-electron chi connectivity index (χ2n) is 9.11. The molecule has 1 aromatic carbocycles. The van der Waals surface area contributed by atoms with Gasteiger partial charge in [0.25, 0.3) is 5.91 Å². The van der Waals surface area contributed by atoms with Crippen molar-refractivity contribution in [1.82, 2.24) is 14.8 Å². The number of likely N-dealkylation sites (N-methyl/N-ethyl adjacent to an activating group) is 1. The lowest BCUT2D eigenvalue weighted by atomic mass is 9.78. The third-order valence-corrected chi connectivity index (χ3v) is 6.65. The van der Waals surface area contributed by atoms with E-state index in [0.29, 0.717) is 34.5 Å². The summed E-state index contributed by atoms with van der Waals surface area (Å²) in [5, 5.41) is 0. The van der Waals surface area contributed by atoms with Gasteiger partial charge in [0.15, 0.2) is 11.5 Å². The van der Waals surface area contributed by atoms with E-state index in [1.54, 1.807) is 50.7 Å². The molecule has 170 valence electrons. The Morgan fingerprint density at radius 2 is 1.75 bits per heavy atom. The van der Waals surface area contributed by atoms with Crippen LogP contribution in [0.5, 0.6) is 11.5 Å². The Labute approximate surface area is 189 Å². The molecule has 4 rings (SSSR count). The number of rotatable bonds is 4. The van der Waals surface area contributed by atoms with Crippen molar-refractivity contribution in [3.8, 4) is 11.5 Å². The number of amides is 2. The van der Waals surface area contributed by atoms with Gasteiger partial charge in [-0.3, -0.25) is 14.6 Å². The van der Waals surface area contributed by atoms with Gasteiger partial charge in [-0.15, -0.1) is 0 Å². The first kappa shape index (κ1) is 22.1. The third-order valence-electron chi connectivity index (χ3n) is 6.65. The number of pyridine rings is 1. The highest BCUT2D eigenvalue weighted by molar-refractivity contribution is 6.02. The Morgan fingerprint density at radius 1 is 1.09 bits per heavy atom. The highest BCUT2D eigenvalue weighted by atomic mass is 16.5. The minimum absolute atomic E-state index is 0.0325. The maximum absolute atomic E-state index is 14.1. The van der Waals surface area contributed by atoms with E-state index in [2.05, 4.69) is 18.8 Å². The Hall–Kier alpha value is -3.09. The first-order valence-corrected chi connectivity index (χ1v) is 11.1. The van der Waals surface area contributed by atoms with E-state index in [9.17, 15) is 9.59 Å². The van der Waals surface area contributed by atoms with E-state index in [4.69, 9.17) is 9.47 Å². The summed E-state index contributed by atoms with van der Waals surface area (Å²) >= 11 is 0. The summed E-state index contributed by atoms with van der Waals surface area (Å²) in [6.45, 7) is 5.82. The first-order chi connectivity index (χ1) is 15.3. The van der Waals surface area contributed by atoms with Crippen LogP contribution in [0.1, 0.15) is 53.7 Å². The zero-order valence-electron chi connectivity index (χ0n) is 19.4. The van der Waals surface area contributed by atoms with Gasteiger partial charge in [-0.2, -0.15) is 0 Å². The SMILES string of the molecule is COc1cc2c(cc1OC)[C@H](C(=O)N1C[C@H](C)C[C@H](C)C1)[C@H](c1cccnc1)N(C)C2=O. The van der Waals surface area contributed by atoms with Gasteiger partial charge in [0.1, 0.15) is 0 Å². The third kappa shape index (κ3) is 3.80. The standard InChI is InChI=1S/C25H31N3O4/c1-15-9-16(2)14-28(13-15)25(30)22-18-10-20(31-4)21(32-5)11-19(18)24(29)27(3)23(22)17-7-6-8-26-12-17/h6-8,10-12,15-16,22-23H,9,13-14H2,1-5H3/t15-,16+,22-,23-/m0/s1. The maximum atomic E-state index is 14.1. The van der Waals surface area contributed by atoms with Gasteiger partial charge in [0.05, 0.1) is 26.2 Å². The van der Waals surface area contributed by atoms with Crippen molar-refractivity contribution in [3.05, 3.63) is 53.3 Å². The number of ether oxygens (including phenoxy) is 2. The lowest BCUT2D eigenvalue weighted by Gasteiger charge is -2.43. The fourth-order valence-electron chi connectivity index (χ4n) is 5.32. The highest BCUT2D eigenvalue weighted by Crippen LogP contribution is 2.46. The number of methoxy groups -OCH3 is 2. The number of hydrogen-bond acceptors (Lipinski definition) is 5. The predicted octanol–water partition coefficient (Wildman–Crippen LogP) is 3.51. The van der Waals surface area contributed by atoms with Gasteiger partial charge in [-0.25, -0.2) is 0 Å². The number of nitrogens with zero attached hydrogens (tertiary/aromatic N) is 3. The quantitative estimate of drug-likeness (QED) is 0.732. The van der Waals surface area contributed by atoms with E-state index in [1.165, 1.54) is 0 Å². The van der Waals surface area contributed by atoms with Crippen molar-refractivity contribution in [1.29, 1.82) is 0 Å². The monoisotopic (exact) mass is 437 g/mol. The highest BCUT2D eigenvalue weighted by Gasteiger charge is 2.45. The molecule has 3 heterocycles. The first-order valence-electron chi connectivity index (χ1n) is 11.1. The molecule has 2 aliphatic rings. The van der Waals surface area contributed by atoms with Crippen LogP contribution in [0.25, 0.3) is 0 Å². The normalized spacial score (nSPS) is 25.3. The summed E-state index contributed by atoms with van der Waals surface area (Å²) in [4.78, 5) is 35.4. The molecule has 0 saturated carbocycles. The number of carbonyl (C=O) groups excluding carboxylic acids is 2. The topological polar surface area (TPSA) is 72.0 Å². The fourth-order valence-corrected chi connectivity index (χ4v) is 5.32. The summed E-state index contributed by atoms with van der Waals surface area (Å²) < 4.78 is 11.0. The molecule has 0 radical (unpaired) electrons. The molecular weight excluding hydrogens is 406 g/mol. The van der Waals surface area contributed by atoms with Gasteiger partial charge in [-0.1, -0.05) is 19.9 Å². The molecule has 2 aromatic rings. The molecule has 1 saturated heterocycles. The van der Waals surface area contributed by atoms with E-state index in [-0.39, 0.29) is 11.8 Å². The second kappa shape index (κ2) is 8.81. The molecule has 0 aliphatic carbocycles. The summed E-state index contributed by atoms with van der Waals surface area (Å²) in [6, 6.07) is 6.79. The van der Waals surface area contributed by atoms with Gasteiger partial charge >= 0.3 is 0 Å². The van der Waals surface area contributed by atoms with E-state index in [0.717, 1.165) is 25.1 Å². The van der Waals surface area contributed by atoms with Crippen LogP contribution in [0.3, 0.4) is 0 Å². The lowest BCUT2D eigenvalue weighted by Crippen LogP contribution is -2.50. The Balaban J connectivity index is 1.88. The zero-order valence-corrected chi connectivity index (χ0v) is 19.4. The van der Waals surface area contributed by atoms with Crippen LogP contribution in [-0.4, -0.2) is 61.0 Å². The van der Waals surface area contributed by atoms with E-state index < -0.39 is 12.0 Å². The second-order valence-corrected chi connectivity index (χ2v) is 9.11. The smallest absolute Gasteiger partial charge is 0.254 e. The molecular formula is C25H31N3O4. The van der Waals surface area contributed by atoms with Gasteiger partial charge < -0.3 is 19.3 Å². The number of benzene rings is 1. The molecule has 0 unspecified atom stereocenters. The number of likely N-dealkylation sites (tertiary alicyclic amines) is 1. The van der Waals surface area contributed by atoms with Crippen molar-refractivity contribution in [2.24, 2.45) is 11.8 Å². The minimum atomic E-state index is -0.561. The average Bonchev–Trinajstić information content (AvgIpc) is 2.79. The van der Waals surface area contributed by atoms with Crippen LogP contribution < -0.4 is 9.47 Å². The van der Waals surface area contributed by atoms with Gasteiger partial charge in [-0.05, 0) is 47.6 Å². The van der Waals surface area contributed by atoms with Crippen LogP contribution >= 0.6 is 0 Å². The Morgan fingerprint density at radius 3 is 2.34 bits per heavy atom. The molecule has 7 heteroatoms. The molecule has 2 amide bonds. The van der Waals surface area contributed by atoms with Crippen LogP contribution in [0, 0.1) is 11.8 Å². The van der Waals surface area contributed by atoms with Crippen LogP contribution in [0.2, 0.25) is 0 Å². The Bertz CT molecular complexity index is 1000. The predicted molar refractivity (Wildman–Crippen MR) is 121 cm³/mol. The summed E-state index contributed by atoms with van der Waals surface area (Å²) in [7, 11) is 4.85. The molecule has 32 heavy (non-hydrogen) atoms. The summed E-state index contributed by atoms with van der Waals surface area (Å²) in [5.41, 5.74) is 1.98. The zero-order chi connectivity index (χ0) is 23.0. The molecule has 0 N–H and O–H groups in total. The molecule has 0 spiro atoms.